The van der Waals surface area contributed by atoms with E-state index in [0.717, 1.165) is 33.2 Å². The number of methoxy groups -OCH3 is 1. The van der Waals surface area contributed by atoms with Crippen molar-refractivity contribution in [2.24, 2.45) is 0 Å². The lowest BCUT2D eigenvalue weighted by atomic mass is 10.1. The number of benzene rings is 4. The molecule has 1 heterocycles. The van der Waals surface area contributed by atoms with Crippen LogP contribution < -0.4 is 20.1 Å². The third kappa shape index (κ3) is 4.41. The number of carbonyl (C=O) groups excluding carboxylic acids is 1. The molecule has 6 nitrogen and oxygen atoms in total. The molecular formula is C27H21N3O3. The first kappa shape index (κ1) is 20.3. The van der Waals surface area contributed by atoms with E-state index in [1.807, 2.05) is 60.7 Å². The first-order valence-corrected chi connectivity index (χ1v) is 10.5. The fourth-order valence-corrected chi connectivity index (χ4v) is 3.71. The predicted octanol–water partition coefficient (Wildman–Crippen LogP) is 6.75. The molecule has 6 heteroatoms. The fraction of sp³-hybridized carbons (Fsp3) is 0.0370. The number of hydrogen-bond donors (Lipinski definition) is 2. The molecule has 1 amide bonds. The third-order valence-electron chi connectivity index (χ3n) is 5.22. The Bertz CT molecular complexity index is 1410. The topological polar surface area (TPSA) is 72.5 Å². The van der Waals surface area contributed by atoms with Gasteiger partial charge in [0, 0.05) is 34.3 Å². The van der Waals surface area contributed by atoms with Crippen LogP contribution in [-0.2, 0) is 0 Å². The lowest BCUT2D eigenvalue weighted by Crippen LogP contribution is -2.16. The molecule has 1 aromatic heterocycles. The number of nitrogens with one attached hydrogen (secondary N) is 2. The Hall–Kier alpha value is -4.58. The Kier molecular flexibility index (Phi) is 5.47. The summed E-state index contributed by atoms with van der Waals surface area (Å²) in [5, 5.41) is 8.24. The highest BCUT2D eigenvalue weighted by Gasteiger charge is 2.11. The summed E-state index contributed by atoms with van der Waals surface area (Å²) in [6.07, 6.45) is -0.583. The van der Waals surface area contributed by atoms with Gasteiger partial charge in [0.25, 0.3) is 0 Å². The zero-order valence-electron chi connectivity index (χ0n) is 17.9. The molecule has 0 atom stereocenters. The van der Waals surface area contributed by atoms with Crippen LogP contribution in [0.25, 0.3) is 21.8 Å². The number of aromatic nitrogens is 1. The summed E-state index contributed by atoms with van der Waals surface area (Å²) >= 11 is 0. The minimum Gasteiger partial charge on any atom is -0.497 e. The maximum Gasteiger partial charge on any atom is 0.417 e. The van der Waals surface area contributed by atoms with E-state index in [9.17, 15) is 4.79 Å². The summed E-state index contributed by atoms with van der Waals surface area (Å²) in [5.74, 6) is 1.07. The highest BCUT2D eigenvalue weighted by Crippen LogP contribution is 2.33. The molecule has 0 fully saturated rings. The van der Waals surface area contributed by atoms with Crippen LogP contribution in [0.4, 0.5) is 21.9 Å². The number of amides is 1. The van der Waals surface area contributed by atoms with E-state index in [-0.39, 0.29) is 0 Å². The van der Waals surface area contributed by atoms with Crippen molar-refractivity contribution >= 4 is 45.0 Å². The van der Waals surface area contributed by atoms with Gasteiger partial charge in [0.05, 0.1) is 23.8 Å². The van der Waals surface area contributed by atoms with E-state index in [1.54, 1.807) is 43.5 Å². The van der Waals surface area contributed by atoms with Crippen LogP contribution in [0.15, 0.2) is 97.1 Å². The van der Waals surface area contributed by atoms with Crippen molar-refractivity contribution in [3.63, 3.8) is 0 Å². The average molecular weight is 435 g/mol. The Labute approximate surface area is 190 Å². The van der Waals surface area contributed by atoms with Crippen molar-refractivity contribution in [3.8, 4) is 11.5 Å². The number of carbonyl (C=O) groups is 1. The average Bonchev–Trinajstić information content (AvgIpc) is 2.84. The molecule has 0 saturated heterocycles. The first-order chi connectivity index (χ1) is 16.2. The summed E-state index contributed by atoms with van der Waals surface area (Å²) < 4.78 is 10.7. The lowest BCUT2D eigenvalue weighted by Gasteiger charge is -2.14. The van der Waals surface area contributed by atoms with Crippen molar-refractivity contribution in [2.45, 2.75) is 0 Å². The van der Waals surface area contributed by atoms with Crippen LogP contribution in [-0.4, -0.2) is 18.2 Å². The second-order valence-corrected chi connectivity index (χ2v) is 7.42. The van der Waals surface area contributed by atoms with Gasteiger partial charge in [0.1, 0.15) is 11.5 Å². The van der Waals surface area contributed by atoms with Gasteiger partial charge in [-0.15, -0.1) is 0 Å². The Morgan fingerprint density at radius 3 is 2.03 bits per heavy atom. The maximum absolute atomic E-state index is 12.4. The normalized spacial score (nSPS) is 10.7. The van der Waals surface area contributed by atoms with Gasteiger partial charge in [-0.05, 0) is 36.4 Å². The van der Waals surface area contributed by atoms with Gasteiger partial charge >= 0.3 is 6.09 Å². The second-order valence-electron chi connectivity index (χ2n) is 7.42. The molecule has 0 unspecified atom stereocenters. The van der Waals surface area contributed by atoms with Crippen molar-refractivity contribution in [1.82, 2.24) is 4.98 Å². The van der Waals surface area contributed by atoms with Crippen molar-refractivity contribution < 1.29 is 14.3 Å². The van der Waals surface area contributed by atoms with E-state index in [1.165, 1.54) is 0 Å². The monoisotopic (exact) mass is 435 g/mol. The highest BCUT2D eigenvalue weighted by atomic mass is 16.6. The molecule has 0 saturated carbocycles. The molecular weight excluding hydrogens is 414 g/mol. The number of anilines is 3. The number of hydrogen-bond acceptors (Lipinski definition) is 5. The summed E-state index contributed by atoms with van der Waals surface area (Å²) in [6.45, 7) is 0. The van der Waals surface area contributed by atoms with Gasteiger partial charge in [-0.1, -0.05) is 48.5 Å². The minimum absolute atomic E-state index is 0.420. The molecule has 5 aromatic rings. The van der Waals surface area contributed by atoms with Crippen LogP contribution in [0.2, 0.25) is 0 Å². The van der Waals surface area contributed by atoms with Crippen molar-refractivity contribution in [2.75, 3.05) is 17.7 Å². The molecule has 0 aliphatic carbocycles. The van der Waals surface area contributed by atoms with Gasteiger partial charge in [-0.25, -0.2) is 9.78 Å². The molecule has 0 bridgehead atoms. The van der Waals surface area contributed by atoms with E-state index >= 15 is 0 Å². The standard InChI is InChI=1S/C27H21N3O3/c1-32-20-10-6-9-19(16-20)29-27(31)33-21-11-7-8-18(17-21)28-26-22-12-2-4-14-24(22)30-25-15-5-3-13-23(25)26/h2-17H,1H3,(H,28,30)(H,29,31). The first-order valence-electron chi connectivity index (χ1n) is 10.5. The fourth-order valence-electron chi connectivity index (χ4n) is 3.71. The van der Waals surface area contributed by atoms with E-state index in [4.69, 9.17) is 14.5 Å². The smallest absolute Gasteiger partial charge is 0.417 e. The number of para-hydroxylation sites is 2. The van der Waals surface area contributed by atoms with Crippen LogP contribution in [0.5, 0.6) is 11.5 Å². The van der Waals surface area contributed by atoms with Crippen LogP contribution in [0.3, 0.4) is 0 Å². The van der Waals surface area contributed by atoms with Gasteiger partial charge < -0.3 is 14.8 Å². The number of pyridine rings is 1. The Morgan fingerprint density at radius 1 is 0.727 bits per heavy atom. The van der Waals surface area contributed by atoms with Crippen LogP contribution in [0, 0.1) is 0 Å². The summed E-state index contributed by atoms with van der Waals surface area (Å²) in [5.41, 5.74) is 4.15. The molecule has 33 heavy (non-hydrogen) atoms. The molecule has 162 valence electrons. The number of fused-ring (bicyclic) bond motifs is 2. The quantitative estimate of drug-likeness (QED) is 0.299. The molecule has 0 spiro atoms. The van der Waals surface area contributed by atoms with E-state index < -0.39 is 6.09 Å². The Balaban J connectivity index is 1.41. The van der Waals surface area contributed by atoms with Gasteiger partial charge in [0.2, 0.25) is 0 Å². The molecule has 5 rings (SSSR count). The number of ether oxygens (including phenoxy) is 2. The zero-order chi connectivity index (χ0) is 22.6. The third-order valence-corrected chi connectivity index (χ3v) is 5.22. The van der Waals surface area contributed by atoms with Crippen LogP contribution in [0.1, 0.15) is 0 Å². The van der Waals surface area contributed by atoms with Crippen molar-refractivity contribution in [3.05, 3.63) is 97.1 Å². The van der Waals surface area contributed by atoms with Crippen LogP contribution >= 0.6 is 0 Å². The van der Waals surface area contributed by atoms with Gasteiger partial charge in [-0.3, -0.25) is 5.32 Å². The predicted molar refractivity (Wildman–Crippen MR) is 132 cm³/mol. The molecule has 0 aliphatic heterocycles. The second kappa shape index (κ2) is 8.88. The summed E-state index contributed by atoms with van der Waals surface area (Å²) in [7, 11) is 1.57. The Morgan fingerprint density at radius 2 is 1.33 bits per heavy atom. The van der Waals surface area contributed by atoms with E-state index in [2.05, 4.69) is 10.6 Å². The lowest BCUT2D eigenvalue weighted by molar-refractivity contribution is 0.215. The van der Waals surface area contributed by atoms with E-state index in [0.29, 0.717) is 17.2 Å². The van der Waals surface area contributed by atoms with Gasteiger partial charge in [0.15, 0.2) is 0 Å². The summed E-state index contributed by atoms with van der Waals surface area (Å²) in [4.78, 5) is 17.2. The molecule has 4 aromatic carbocycles. The largest absolute Gasteiger partial charge is 0.497 e. The highest BCUT2D eigenvalue weighted by molar-refractivity contribution is 6.08. The van der Waals surface area contributed by atoms with Gasteiger partial charge in [-0.2, -0.15) is 0 Å². The molecule has 0 aliphatic rings. The number of nitrogens with zero attached hydrogens (tertiary/aromatic N) is 1. The maximum atomic E-state index is 12.4. The minimum atomic E-state index is -0.583. The number of rotatable bonds is 5. The molecule has 2 N–H and O–H groups in total. The van der Waals surface area contributed by atoms with Crippen molar-refractivity contribution in [1.29, 1.82) is 0 Å². The zero-order valence-corrected chi connectivity index (χ0v) is 17.9. The summed E-state index contributed by atoms with van der Waals surface area (Å²) in [6, 6.07) is 30.4. The molecule has 0 radical (unpaired) electrons. The SMILES string of the molecule is COc1cccc(NC(=O)Oc2cccc(Nc3c4ccccc4nc4ccccc34)c2)c1.